The van der Waals surface area contributed by atoms with Gasteiger partial charge in [-0.15, -0.1) is 0 Å². The fourth-order valence-corrected chi connectivity index (χ4v) is 3.54. The number of benzene rings is 1. The first kappa shape index (κ1) is 20.7. The number of fused-ring (bicyclic) bond motifs is 1. The average molecular weight is 425 g/mol. The molecule has 0 radical (unpaired) electrons. The number of morpholine rings is 1. The lowest BCUT2D eigenvalue weighted by Crippen LogP contribution is -2.48. The van der Waals surface area contributed by atoms with Crippen LogP contribution in [0.2, 0.25) is 0 Å². The number of nitrogens with two attached hydrogens (primary N) is 1. The molecule has 8 nitrogen and oxygen atoms in total. The summed E-state index contributed by atoms with van der Waals surface area (Å²) in [5, 5.41) is 7.56. The number of hydrogen-bond acceptors (Lipinski definition) is 8. The highest BCUT2D eigenvalue weighted by Crippen LogP contribution is 2.30. The second-order valence-corrected chi connectivity index (χ2v) is 7.33. The topological polar surface area (TPSA) is 114 Å². The summed E-state index contributed by atoms with van der Waals surface area (Å²) in [6.45, 7) is 4.49. The lowest BCUT2D eigenvalue weighted by Gasteiger charge is -2.37. The van der Waals surface area contributed by atoms with Gasteiger partial charge in [0.2, 0.25) is 5.95 Å². The first-order chi connectivity index (χ1) is 14.9. The Morgan fingerprint density at radius 2 is 2.06 bits per heavy atom. The minimum atomic E-state index is -0.751. The van der Waals surface area contributed by atoms with E-state index in [0.717, 1.165) is 12.3 Å². The highest BCUT2D eigenvalue weighted by atomic mass is 19.1. The Hall–Kier alpha value is -3.53. The molecule has 3 aromatic rings. The molecule has 3 N–H and O–H groups in total. The predicted molar refractivity (Wildman–Crippen MR) is 113 cm³/mol. The third kappa shape index (κ3) is 4.06. The van der Waals surface area contributed by atoms with E-state index in [4.69, 9.17) is 15.9 Å². The van der Waals surface area contributed by atoms with E-state index in [1.807, 2.05) is 11.8 Å². The van der Waals surface area contributed by atoms with Crippen LogP contribution in [0.5, 0.6) is 0 Å². The summed E-state index contributed by atoms with van der Waals surface area (Å²) in [4.78, 5) is 19.8. The number of ether oxygens (including phenoxy) is 1. The number of halogens is 2. The summed E-state index contributed by atoms with van der Waals surface area (Å²) in [6, 6.07) is 3.30. The van der Waals surface area contributed by atoms with Crippen molar-refractivity contribution in [1.29, 1.82) is 5.41 Å². The second-order valence-electron chi connectivity index (χ2n) is 7.33. The molecule has 0 saturated carbocycles. The summed E-state index contributed by atoms with van der Waals surface area (Å²) in [5.41, 5.74) is 7.76. The zero-order valence-electron chi connectivity index (χ0n) is 17.0. The minimum Gasteiger partial charge on any atom is -0.404 e. The fourth-order valence-electron chi connectivity index (χ4n) is 3.54. The van der Waals surface area contributed by atoms with Crippen LogP contribution in [0.15, 0.2) is 36.2 Å². The molecule has 4 rings (SSSR count). The highest BCUT2D eigenvalue weighted by molar-refractivity contribution is 5.88. The lowest BCUT2D eigenvalue weighted by atomic mass is 10.1. The van der Waals surface area contributed by atoms with Crippen LogP contribution in [0.25, 0.3) is 22.4 Å². The standard InChI is InChI=1S/C21H21F2N7O/c1-11-8-26-19-18(15-4-3-14(22)5-16(15)23)28-21(29-20(19)27-11)30-9-12(2)31-17(10-30)13(6-24)7-25/h3-8,12,17,24H,9-10,25H2,1-2H3/b13-7+,24-6?/t12-,17-/m0/s1. The fraction of sp³-hybridized carbons (Fsp3) is 0.286. The molecule has 1 aromatic carbocycles. The Morgan fingerprint density at radius 3 is 2.77 bits per heavy atom. The van der Waals surface area contributed by atoms with Crippen LogP contribution in [0, 0.1) is 24.0 Å². The molecule has 0 amide bonds. The first-order valence-corrected chi connectivity index (χ1v) is 9.69. The van der Waals surface area contributed by atoms with Gasteiger partial charge < -0.3 is 20.8 Å². The molecule has 3 heterocycles. The van der Waals surface area contributed by atoms with Crippen molar-refractivity contribution in [2.24, 2.45) is 5.73 Å². The molecule has 1 fully saturated rings. The molecule has 0 aliphatic carbocycles. The molecule has 1 aliphatic rings. The number of anilines is 1. The number of hydrogen-bond donors (Lipinski definition) is 2. The summed E-state index contributed by atoms with van der Waals surface area (Å²) in [7, 11) is 0. The van der Waals surface area contributed by atoms with Crippen molar-refractivity contribution in [1.82, 2.24) is 19.9 Å². The van der Waals surface area contributed by atoms with Gasteiger partial charge in [0, 0.05) is 42.4 Å². The van der Waals surface area contributed by atoms with Crippen molar-refractivity contribution in [3.63, 3.8) is 0 Å². The molecular formula is C21H21F2N7O. The van der Waals surface area contributed by atoms with Gasteiger partial charge in [0.1, 0.15) is 28.9 Å². The molecule has 0 unspecified atom stereocenters. The van der Waals surface area contributed by atoms with Crippen LogP contribution in [0.3, 0.4) is 0 Å². The molecule has 1 aliphatic heterocycles. The molecule has 2 aromatic heterocycles. The molecule has 0 spiro atoms. The summed E-state index contributed by atoms with van der Waals surface area (Å²) >= 11 is 0. The van der Waals surface area contributed by atoms with Gasteiger partial charge in [-0.25, -0.2) is 23.7 Å². The van der Waals surface area contributed by atoms with Gasteiger partial charge in [-0.1, -0.05) is 0 Å². The van der Waals surface area contributed by atoms with E-state index in [1.54, 1.807) is 13.1 Å². The number of rotatable bonds is 4. The quantitative estimate of drug-likeness (QED) is 0.618. The molecule has 160 valence electrons. The summed E-state index contributed by atoms with van der Waals surface area (Å²) in [6.07, 6.45) is 3.40. The Bertz CT molecular complexity index is 1180. The second kappa shape index (κ2) is 8.31. The maximum Gasteiger partial charge on any atom is 0.228 e. The van der Waals surface area contributed by atoms with Crippen LogP contribution in [0.1, 0.15) is 12.6 Å². The van der Waals surface area contributed by atoms with E-state index in [2.05, 4.69) is 19.9 Å². The Kier molecular flexibility index (Phi) is 5.55. The van der Waals surface area contributed by atoms with Crippen molar-refractivity contribution >= 4 is 23.3 Å². The largest absolute Gasteiger partial charge is 0.404 e. The number of aromatic nitrogens is 4. The Labute approximate surface area is 177 Å². The van der Waals surface area contributed by atoms with E-state index < -0.39 is 17.7 Å². The monoisotopic (exact) mass is 425 g/mol. The smallest absolute Gasteiger partial charge is 0.228 e. The van der Waals surface area contributed by atoms with Gasteiger partial charge >= 0.3 is 0 Å². The zero-order valence-corrected chi connectivity index (χ0v) is 17.0. The van der Waals surface area contributed by atoms with Gasteiger partial charge in [-0.05, 0) is 26.0 Å². The molecule has 31 heavy (non-hydrogen) atoms. The lowest BCUT2D eigenvalue weighted by molar-refractivity contribution is 0.00664. The SMILES string of the molecule is Cc1cnc2c(-c3ccc(F)cc3F)nc(N3C[C@@H](/C(C=N)=C/N)O[C@@H](C)C3)nc2n1. The molecule has 1 saturated heterocycles. The number of nitrogens with zero attached hydrogens (tertiary/aromatic N) is 5. The van der Waals surface area contributed by atoms with Crippen molar-refractivity contribution in [2.75, 3.05) is 18.0 Å². The van der Waals surface area contributed by atoms with Crippen LogP contribution >= 0.6 is 0 Å². The molecular weight excluding hydrogens is 404 g/mol. The summed E-state index contributed by atoms with van der Waals surface area (Å²) < 4.78 is 34.0. The molecule has 0 bridgehead atoms. The van der Waals surface area contributed by atoms with E-state index >= 15 is 0 Å². The molecule has 10 heteroatoms. The number of aryl methyl sites for hydroxylation is 1. The average Bonchev–Trinajstić information content (AvgIpc) is 2.73. The van der Waals surface area contributed by atoms with Crippen molar-refractivity contribution < 1.29 is 13.5 Å². The highest BCUT2D eigenvalue weighted by Gasteiger charge is 2.30. The third-order valence-corrected chi connectivity index (χ3v) is 4.98. The van der Waals surface area contributed by atoms with E-state index in [0.29, 0.717) is 41.5 Å². The van der Waals surface area contributed by atoms with Crippen LogP contribution < -0.4 is 10.6 Å². The zero-order chi connectivity index (χ0) is 22.1. The van der Waals surface area contributed by atoms with Gasteiger partial charge in [-0.3, -0.25) is 0 Å². The third-order valence-electron chi connectivity index (χ3n) is 4.98. The minimum absolute atomic E-state index is 0.105. The Balaban J connectivity index is 1.86. The van der Waals surface area contributed by atoms with Crippen LogP contribution in [-0.2, 0) is 4.74 Å². The van der Waals surface area contributed by atoms with Gasteiger partial charge in [0.25, 0.3) is 0 Å². The normalized spacial score (nSPS) is 19.6. The van der Waals surface area contributed by atoms with E-state index in [-0.39, 0.29) is 17.4 Å². The first-order valence-electron chi connectivity index (χ1n) is 9.69. The Morgan fingerprint density at radius 1 is 1.26 bits per heavy atom. The van der Waals surface area contributed by atoms with Crippen molar-refractivity contribution in [3.05, 3.63) is 53.5 Å². The van der Waals surface area contributed by atoms with Crippen molar-refractivity contribution in [2.45, 2.75) is 26.1 Å². The maximum absolute atomic E-state index is 14.6. The van der Waals surface area contributed by atoms with Crippen LogP contribution in [-0.4, -0.2) is 51.4 Å². The van der Waals surface area contributed by atoms with Crippen molar-refractivity contribution in [3.8, 4) is 11.3 Å². The van der Waals surface area contributed by atoms with E-state index in [1.165, 1.54) is 18.3 Å². The molecule has 2 atom stereocenters. The predicted octanol–water partition coefficient (Wildman–Crippen LogP) is 2.76. The maximum atomic E-state index is 14.6. The van der Waals surface area contributed by atoms with Crippen LogP contribution in [0.4, 0.5) is 14.7 Å². The summed E-state index contributed by atoms with van der Waals surface area (Å²) in [5.74, 6) is -1.12. The number of nitrogens with one attached hydrogen (secondary N) is 1. The van der Waals surface area contributed by atoms with Gasteiger partial charge in [-0.2, -0.15) is 4.98 Å². The van der Waals surface area contributed by atoms with E-state index in [9.17, 15) is 8.78 Å². The van der Waals surface area contributed by atoms with Gasteiger partial charge in [0.05, 0.1) is 18.3 Å². The van der Waals surface area contributed by atoms with Gasteiger partial charge in [0.15, 0.2) is 5.65 Å².